The van der Waals surface area contributed by atoms with Crippen LogP contribution in [-0.2, 0) is 7.05 Å². The number of hydrogen-bond acceptors (Lipinski definition) is 2. The second-order valence-electron chi connectivity index (χ2n) is 2.25. The number of rotatable bonds is 1. The Morgan fingerprint density at radius 3 is 2.36 bits per heavy atom. The van der Waals surface area contributed by atoms with Crippen molar-refractivity contribution in [3.05, 3.63) is 21.9 Å². The quantitative estimate of drug-likeness (QED) is 0.587. The molecule has 0 fully saturated rings. The van der Waals surface area contributed by atoms with Crippen molar-refractivity contribution in [1.82, 2.24) is 9.55 Å². The summed E-state index contributed by atoms with van der Waals surface area (Å²) in [7, 11) is 1.51. The molecule has 0 aliphatic heterocycles. The average Bonchev–Trinajstić information content (AvgIpc) is 2.17. The summed E-state index contributed by atoms with van der Waals surface area (Å²) in [6, 6.07) is 0. The maximum Gasteiger partial charge on any atom is 0.354 e. The fraction of sp³-hybridized carbons (Fsp3) is 0.333. The summed E-state index contributed by atoms with van der Waals surface area (Å²) in [5.74, 6) is -1.11. The van der Waals surface area contributed by atoms with E-state index in [1.807, 2.05) is 0 Å². The fourth-order valence-corrected chi connectivity index (χ4v) is 0.809. The first kappa shape index (κ1) is 7.59. The van der Waals surface area contributed by atoms with Crippen molar-refractivity contribution in [1.29, 1.82) is 0 Å². The molecule has 2 N–H and O–H groups in total. The van der Waals surface area contributed by atoms with Gasteiger partial charge in [-0.05, 0) is 6.92 Å². The highest BCUT2D eigenvalue weighted by Gasteiger charge is 2.12. The van der Waals surface area contributed by atoms with E-state index in [0.717, 1.165) is 0 Å². The Balaban J connectivity index is 3.42. The second-order valence-corrected chi connectivity index (χ2v) is 2.25. The summed E-state index contributed by atoms with van der Waals surface area (Å²) in [6.45, 7) is 1.57. The first-order valence-corrected chi connectivity index (χ1v) is 3.03. The van der Waals surface area contributed by atoms with Crippen LogP contribution in [0.4, 0.5) is 0 Å². The molecular weight excluding hydrogens is 148 g/mol. The van der Waals surface area contributed by atoms with Gasteiger partial charge in [0.15, 0.2) is 0 Å². The van der Waals surface area contributed by atoms with Gasteiger partial charge >= 0.3 is 11.7 Å². The minimum absolute atomic E-state index is 0.0440. The van der Waals surface area contributed by atoms with E-state index < -0.39 is 11.7 Å². The molecule has 60 valence electrons. The molecule has 0 saturated carbocycles. The topological polar surface area (TPSA) is 75.1 Å². The number of carboxylic acids is 1. The van der Waals surface area contributed by atoms with Crippen molar-refractivity contribution >= 4 is 5.97 Å². The Hall–Kier alpha value is -1.52. The zero-order chi connectivity index (χ0) is 8.59. The van der Waals surface area contributed by atoms with E-state index in [-0.39, 0.29) is 5.69 Å². The van der Waals surface area contributed by atoms with Crippen molar-refractivity contribution in [2.75, 3.05) is 0 Å². The standard InChI is InChI=1S/C6H8N2O3/c1-3-4(5(9)10)7-6(11)8(3)2/h1-2H3,(H,7,11)(H,9,10). The van der Waals surface area contributed by atoms with E-state index in [9.17, 15) is 9.59 Å². The van der Waals surface area contributed by atoms with Crippen LogP contribution >= 0.6 is 0 Å². The fourth-order valence-electron chi connectivity index (χ4n) is 0.809. The molecule has 0 aliphatic rings. The minimum Gasteiger partial charge on any atom is -0.477 e. The number of aromatic amines is 1. The van der Waals surface area contributed by atoms with E-state index in [0.29, 0.717) is 5.69 Å². The Kier molecular flexibility index (Phi) is 1.56. The number of carbonyl (C=O) groups is 1. The van der Waals surface area contributed by atoms with Gasteiger partial charge in [0.2, 0.25) is 0 Å². The first-order valence-electron chi connectivity index (χ1n) is 3.03. The lowest BCUT2D eigenvalue weighted by Crippen LogP contribution is -2.13. The molecule has 0 spiro atoms. The minimum atomic E-state index is -1.11. The number of carboxylic acid groups (broad SMARTS) is 1. The molecule has 0 amide bonds. The molecule has 0 radical (unpaired) electrons. The number of nitrogens with one attached hydrogen (secondary N) is 1. The van der Waals surface area contributed by atoms with E-state index in [4.69, 9.17) is 5.11 Å². The Labute approximate surface area is 62.3 Å². The first-order chi connectivity index (χ1) is 5.04. The molecule has 1 aromatic rings. The monoisotopic (exact) mass is 156 g/mol. The number of aromatic nitrogens is 2. The van der Waals surface area contributed by atoms with Crippen molar-refractivity contribution in [2.24, 2.45) is 7.05 Å². The summed E-state index contributed by atoms with van der Waals surface area (Å²) < 4.78 is 1.25. The Morgan fingerprint density at radius 2 is 2.18 bits per heavy atom. The molecule has 1 aromatic heterocycles. The van der Waals surface area contributed by atoms with E-state index in [1.54, 1.807) is 6.92 Å². The molecule has 1 rings (SSSR count). The van der Waals surface area contributed by atoms with Crippen LogP contribution in [0.15, 0.2) is 4.79 Å². The molecule has 0 atom stereocenters. The van der Waals surface area contributed by atoms with Gasteiger partial charge in [0.05, 0.1) is 5.69 Å². The summed E-state index contributed by atoms with van der Waals surface area (Å²) >= 11 is 0. The van der Waals surface area contributed by atoms with Crippen LogP contribution < -0.4 is 5.69 Å². The third-order valence-electron chi connectivity index (χ3n) is 1.62. The maximum atomic E-state index is 10.8. The van der Waals surface area contributed by atoms with Crippen molar-refractivity contribution in [3.8, 4) is 0 Å². The van der Waals surface area contributed by atoms with Crippen LogP contribution in [-0.4, -0.2) is 20.6 Å². The molecule has 5 nitrogen and oxygen atoms in total. The smallest absolute Gasteiger partial charge is 0.354 e. The molecule has 1 heterocycles. The summed E-state index contributed by atoms with van der Waals surface area (Å²) in [4.78, 5) is 23.4. The van der Waals surface area contributed by atoms with Gasteiger partial charge in [-0.15, -0.1) is 0 Å². The van der Waals surface area contributed by atoms with Gasteiger partial charge in [0.1, 0.15) is 5.69 Å². The van der Waals surface area contributed by atoms with Crippen molar-refractivity contribution in [3.63, 3.8) is 0 Å². The summed E-state index contributed by atoms with van der Waals surface area (Å²) in [5.41, 5.74) is -0.0140. The predicted molar refractivity (Wildman–Crippen MR) is 37.7 cm³/mol. The van der Waals surface area contributed by atoms with Gasteiger partial charge in [-0.3, -0.25) is 9.55 Å². The van der Waals surface area contributed by atoms with E-state index in [1.165, 1.54) is 11.6 Å². The summed E-state index contributed by atoms with van der Waals surface area (Å²) in [6.07, 6.45) is 0. The van der Waals surface area contributed by atoms with Crippen LogP contribution in [0, 0.1) is 6.92 Å². The molecule has 5 heteroatoms. The second kappa shape index (κ2) is 2.26. The van der Waals surface area contributed by atoms with Crippen molar-refractivity contribution in [2.45, 2.75) is 6.92 Å². The van der Waals surface area contributed by atoms with Gasteiger partial charge in [-0.1, -0.05) is 0 Å². The number of hydrogen-bond donors (Lipinski definition) is 2. The highest BCUT2D eigenvalue weighted by Crippen LogP contribution is 1.98. The zero-order valence-corrected chi connectivity index (χ0v) is 6.21. The van der Waals surface area contributed by atoms with Gasteiger partial charge < -0.3 is 5.11 Å². The van der Waals surface area contributed by atoms with Crippen LogP contribution in [0.2, 0.25) is 0 Å². The van der Waals surface area contributed by atoms with Gasteiger partial charge in [-0.2, -0.15) is 0 Å². The number of imidazole rings is 1. The Bertz CT molecular complexity index is 347. The van der Waals surface area contributed by atoms with Crippen LogP contribution in [0.5, 0.6) is 0 Å². The normalized spacial score (nSPS) is 10.0. The molecule has 0 unspecified atom stereocenters. The lowest BCUT2D eigenvalue weighted by molar-refractivity contribution is 0.0690. The van der Waals surface area contributed by atoms with Gasteiger partial charge in [0.25, 0.3) is 0 Å². The number of H-pyrrole nitrogens is 1. The predicted octanol–water partition coefficient (Wildman–Crippen LogP) is -0.280. The highest BCUT2D eigenvalue weighted by atomic mass is 16.4. The molecule has 0 saturated heterocycles. The van der Waals surface area contributed by atoms with Crippen LogP contribution in [0.1, 0.15) is 16.2 Å². The molecular formula is C6H8N2O3. The van der Waals surface area contributed by atoms with E-state index >= 15 is 0 Å². The average molecular weight is 156 g/mol. The zero-order valence-electron chi connectivity index (χ0n) is 6.21. The SMILES string of the molecule is Cc1c(C(=O)O)[nH]c(=O)n1C. The lowest BCUT2D eigenvalue weighted by atomic mass is 10.3. The molecule has 0 aromatic carbocycles. The molecule has 11 heavy (non-hydrogen) atoms. The third-order valence-corrected chi connectivity index (χ3v) is 1.62. The Morgan fingerprint density at radius 1 is 1.64 bits per heavy atom. The summed E-state index contributed by atoms with van der Waals surface area (Å²) in [5, 5.41) is 8.52. The molecule has 0 aliphatic carbocycles. The van der Waals surface area contributed by atoms with Crippen LogP contribution in [0.3, 0.4) is 0 Å². The van der Waals surface area contributed by atoms with E-state index in [2.05, 4.69) is 4.98 Å². The maximum absolute atomic E-state index is 10.8. The lowest BCUT2D eigenvalue weighted by Gasteiger charge is -1.92. The van der Waals surface area contributed by atoms with Crippen LogP contribution in [0.25, 0.3) is 0 Å². The van der Waals surface area contributed by atoms with Gasteiger partial charge in [0, 0.05) is 7.05 Å². The number of nitrogens with zero attached hydrogens (tertiary/aromatic N) is 1. The highest BCUT2D eigenvalue weighted by molar-refractivity contribution is 5.86. The number of aromatic carboxylic acids is 1. The molecule has 0 bridgehead atoms. The van der Waals surface area contributed by atoms with Crippen molar-refractivity contribution < 1.29 is 9.90 Å². The van der Waals surface area contributed by atoms with Gasteiger partial charge in [-0.25, -0.2) is 9.59 Å². The largest absolute Gasteiger partial charge is 0.477 e. The third kappa shape index (κ3) is 1.04.